The van der Waals surface area contributed by atoms with Crippen LogP contribution in [0, 0.1) is 29.2 Å². The number of hydrogen-bond acceptors (Lipinski definition) is 5. The average Bonchev–Trinajstić information content (AvgIpc) is 3.51. The van der Waals surface area contributed by atoms with E-state index in [2.05, 4.69) is 45.8 Å². The molecule has 0 aliphatic rings. The molecule has 0 fully saturated rings. The number of rotatable bonds is 5. The molecular weight excluding hydrogens is 603 g/mol. The van der Waals surface area contributed by atoms with E-state index in [0.29, 0.717) is 39.9 Å². The molecule has 7 nitrogen and oxygen atoms in total. The molecule has 2 aromatic heterocycles. The van der Waals surface area contributed by atoms with Gasteiger partial charge in [0.15, 0.2) is 23.2 Å². The monoisotopic (exact) mass is 625 g/mol. The minimum Gasteiger partial charge on any atom is -0.308 e. The van der Waals surface area contributed by atoms with Crippen LogP contribution in [0.15, 0.2) is 140 Å². The zero-order valence-corrected chi connectivity index (χ0v) is 25.9. The van der Waals surface area contributed by atoms with Gasteiger partial charge in [0, 0.05) is 33.0 Å². The summed E-state index contributed by atoms with van der Waals surface area (Å²) in [4.78, 5) is 18.4. The molecule has 0 bridgehead atoms. The Hall–Kier alpha value is -7.40. The van der Waals surface area contributed by atoms with Crippen LogP contribution in [0.5, 0.6) is 0 Å². The minimum absolute atomic E-state index is 0.417. The van der Waals surface area contributed by atoms with Crippen LogP contribution < -0.4 is 0 Å². The molecule has 8 rings (SSSR count). The Labute approximate surface area is 282 Å². The van der Waals surface area contributed by atoms with E-state index in [1.807, 2.05) is 109 Å². The lowest BCUT2D eigenvalue weighted by atomic mass is 10.00. The van der Waals surface area contributed by atoms with Gasteiger partial charge >= 0.3 is 0 Å². The zero-order valence-electron chi connectivity index (χ0n) is 25.9. The van der Waals surface area contributed by atoms with Gasteiger partial charge < -0.3 is 4.57 Å². The van der Waals surface area contributed by atoms with Gasteiger partial charge in [-0.15, -0.1) is 0 Å². The summed E-state index contributed by atoms with van der Waals surface area (Å²) >= 11 is 0. The number of aromatic nitrogens is 4. The second-order valence-corrected chi connectivity index (χ2v) is 11.5. The van der Waals surface area contributed by atoms with Crippen molar-refractivity contribution in [3.8, 4) is 63.1 Å². The van der Waals surface area contributed by atoms with Crippen molar-refractivity contribution in [3.63, 3.8) is 0 Å². The van der Waals surface area contributed by atoms with Crippen LogP contribution in [0.3, 0.4) is 0 Å². The lowest BCUT2D eigenvalue weighted by Gasteiger charge is -2.15. The van der Waals surface area contributed by atoms with E-state index in [1.54, 1.807) is 6.07 Å². The number of benzene rings is 6. The number of para-hydroxylation sites is 1. The molecule has 0 spiro atoms. The van der Waals surface area contributed by atoms with Crippen LogP contribution in [-0.4, -0.2) is 19.5 Å². The van der Waals surface area contributed by atoms with Gasteiger partial charge in [0.2, 0.25) is 0 Å². The van der Waals surface area contributed by atoms with Crippen molar-refractivity contribution in [1.82, 2.24) is 19.5 Å². The van der Waals surface area contributed by atoms with E-state index in [1.165, 1.54) is 0 Å². The molecule has 0 aliphatic carbocycles. The van der Waals surface area contributed by atoms with Crippen LogP contribution in [0.4, 0.5) is 5.69 Å². The predicted octanol–water partition coefficient (Wildman–Crippen LogP) is 9.93. The van der Waals surface area contributed by atoms with Crippen molar-refractivity contribution in [3.05, 3.63) is 162 Å². The minimum atomic E-state index is 0.417. The lowest BCUT2D eigenvalue weighted by molar-refractivity contribution is 1.06. The lowest BCUT2D eigenvalue weighted by Crippen LogP contribution is -2.04. The first kappa shape index (κ1) is 29.0. The highest BCUT2D eigenvalue weighted by molar-refractivity contribution is 6.11. The first-order valence-electron chi connectivity index (χ1n) is 15.5. The van der Waals surface area contributed by atoms with Crippen molar-refractivity contribution >= 4 is 27.5 Å². The third kappa shape index (κ3) is 5.22. The van der Waals surface area contributed by atoms with E-state index in [0.717, 1.165) is 49.7 Å². The second kappa shape index (κ2) is 12.1. The Bertz CT molecular complexity index is 2600. The fraction of sp³-hybridized carbons (Fsp3) is 0. The van der Waals surface area contributed by atoms with Crippen LogP contribution in [0.1, 0.15) is 11.1 Å². The number of fused-ring (bicyclic) bond motifs is 3. The highest BCUT2D eigenvalue weighted by Crippen LogP contribution is 2.39. The molecule has 8 aromatic rings. The molecule has 0 amide bonds. The molecule has 6 aromatic carbocycles. The average molecular weight is 626 g/mol. The summed E-state index contributed by atoms with van der Waals surface area (Å²) in [6.07, 6.45) is 0. The summed E-state index contributed by atoms with van der Waals surface area (Å²) in [5.74, 6) is 1.51. The maximum absolute atomic E-state index is 10.0. The number of nitriles is 2. The largest absolute Gasteiger partial charge is 0.308 e. The molecule has 0 unspecified atom stereocenters. The zero-order chi connectivity index (χ0) is 33.3. The highest BCUT2D eigenvalue weighted by Gasteiger charge is 2.20. The molecule has 0 saturated heterocycles. The Balaban J connectivity index is 1.39. The standard InChI is InChI=1S/C42H23N7/c1-45-33-21-28(26-44)20-32(23-33)31-17-19-38-35(24-31)34-14-8-9-15-37(34)49(38)39-18-16-27(25-43)22-36(39)42-47-40(29-10-4-2-5-11-29)46-41(48-42)30-12-6-3-7-13-30/h2-24H. The third-order valence-electron chi connectivity index (χ3n) is 8.49. The van der Waals surface area contributed by atoms with E-state index in [4.69, 9.17) is 21.5 Å². The maximum Gasteiger partial charge on any atom is 0.189 e. The first-order chi connectivity index (χ1) is 24.1. The summed E-state index contributed by atoms with van der Waals surface area (Å²) in [5, 5.41) is 21.6. The van der Waals surface area contributed by atoms with E-state index in [-0.39, 0.29) is 0 Å². The fourth-order valence-corrected chi connectivity index (χ4v) is 6.23. The second-order valence-electron chi connectivity index (χ2n) is 11.5. The summed E-state index contributed by atoms with van der Waals surface area (Å²) in [5.41, 5.74) is 8.15. The van der Waals surface area contributed by atoms with E-state index < -0.39 is 0 Å². The van der Waals surface area contributed by atoms with Gasteiger partial charge in [0.05, 0.1) is 41.0 Å². The third-order valence-corrected chi connectivity index (χ3v) is 8.49. The van der Waals surface area contributed by atoms with Crippen LogP contribution in [0.25, 0.3) is 77.6 Å². The van der Waals surface area contributed by atoms with E-state index >= 15 is 0 Å². The maximum atomic E-state index is 10.0. The van der Waals surface area contributed by atoms with Gasteiger partial charge in [0.25, 0.3) is 0 Å². The Morgan fingerprint density at radius 3 is 1.82 bits per heavy atom. The predicted molar refractivity (Wildman–Crippen MR) is 192 cm³/mol. The Morgan fingerprint density at radius 2 is 1.14 bits per heavy atom. The van der Waals surface area contributed by atoms with Crippen LogP contribution >= 0.6 is 0 Å². The van der Waals surface area contributed by atoms with Crippen molar-refractivity contribution < 1.29 is 0 Å². The van der Waals surface area contributed by atoms with E-state index in [9.17, 15) is 10.5 Å². The molecule has 0 radical (unpaired) electrons. The molecule has 2 heterocycles. The van der Waals surface area contributed by atoms with Gasteiger partial charge in [-0.2, -0.15) is 10.5 Å². The Kier molecular flexibility index (Phi) is 7.16. The quantitative estimate of drug-likeness (QED) is 0.177. The van der Waals surface area contributed by atoms with Gasteiger partial charge in [-0.25, -0.2) is 19.8 Å². The van der Waals surface area contributed by atoms with Crippen molar-refractivity contribution in [2.24, 2.45) is 0 Å². The molecule has 0 N–H and O–H groups in total. The van der Waals surface area contributed by atoms with Gasteiger partial charge in [0.1, 0.15) is 0 Å². The molecule has 0 atom stereocenters. The van der Waals surface area contributed by atoms with Crippen molar-refractivity contribution in [2.75, 3.05) is 0 Å². The topological polar surface area (TPSA) is 95.5 Å². The molecule has 0 saturated carbocycles. The summed E-state index contributed by atoms with van der Waals surface area (Å²) in [6.45, 7) is 7.53. The number of hydrogen-bond donors (Lipinski definition) is 0. The summed E-state index contributed by atoms with van der Waals surface area (Å²) in [6, 6.07) is 49.2. The van der Waals surface area contributed by atoms with Gasteiger partial charge in [-0.3, -0.25) is 0 Å². The van der Waals surface area contributed by atoms with Crippen LogP contribution in [0.2, 0.25) is 0 Å². The van der Waals surface area contributed by atoms with Crippen LogP contribution in [-0.2, 0) is 0 Å². The van der Waals surface area contributed by atoms with Crippen molar-refractivity contribution in [2.45, 2.75) is 0 Å². The highest BCUT2D eigenvalue weighted by atomic mass is 15.1. The van der Waals surface area contributed by atoms with Gasteiger partial charge in [-0.05, 0) is 65.7 Å². The normalized spacial score (nSPS) is 10.8. The molecule has 0 aliphatic heterocycles. The summed E-state index contributed by atoms with van der Waals surface area (Å²) in [7, 11) is 0. The SMILES string of the molecule is [C-]#[N+]c1cc(C#N)cc(-c2ccc3c(c2)c2ccccc2n3-c2ccc(C#N)cc2-c2nc(-c3ccccc3)nc(-c3ccccc3)n2)c1. The Morgan fingerprint density at radius 1 is 0.510 bits per heavy atom. The molecular formula is C42H23N7. The summed E-state index contributed by atoms with van der Waals surface area (Å²) < 4.78 is 2.18. The smallest absolute Gasteiger partial charge is 0.189 e. The molecule has 7 heteroatoms. The van der Waals surface area contributed by atoms with Crippen molar-refractivity contribution in [1.29, 1.82) is 10.5 Å². The molecule has 226 valence electrons. The molecule has 49 heavy (non-hydrogen) atoms. The number of nitrogens with zero attached hydrogens (tertiary/aromatic N) is 7. The fourth-order valence-electron chi connectivity index (χ4n) is 6.23. The first-order valence-corrected chi connectivity index (χ1v) is 15.5. The van der Waals surface area contributed by atoms with Gasteiger partial charge in [-0.1, -0.05) is 84.9 Å².